The van der Waals surface area contributed by atoms with Crippen LogP contribution in [0.15, 0.2) is 77.9 Å². The van der Waals surface area contributed by atoms with Crippen LogP contribution in [0.2, 0.25) is 0 Å². The summed E-state index contributed by atoms with van der Waals surface area (Å²) >= 11 is 0. The van der Waals surface area contributed by atoms with Crippen LogP contribution in [0, 0.1) is 13.8 Å². The van der Waals surface area contributed by atoms with E-state index in [1.165, 1.54) is 11.3 Å². The van der Waals surface area contributed by atoms with Gasteiger partial charge in [0.05, 0.1) is 12.6 Å². The van der Waals surface area contributed by atoms with Gasteiger partial charge in [-0.3, -0.25) is 4.79 Å². The molecular formula is C27H27N3O. The molecule has 1 aromatic heterocycles. The molecule has 4 heteroatoms. The van der Waals surface area contributed by atoms with E-state index in [2.05, 4.69) is 78.3 Å². The first-order chi connectivity index (χ1) is 15.1. The Bertz CT molecular complexity index is 1260. The van der Waals surface area contributed by atoms with E-state index in [0.717, 1.165) is 39.7 Å². The molecule has 0 saturated heterocycles. The minimum Gasteiger partial charge on any atom is -0.318 e. The molecule has 156 valence electrons. The summed E-state index contributed by atoms with van der Waals surface area (Å²) in [5.74, 6) is -0.127. The molecule has 0 spiro atoms. The van der Waals surface area contributed by atoms with Crippen molar-refractivity contribution in [2.45, 2.75) is 33.6 Å². The number of hydrazone groups is 1. The lowest BCUT2D eigenvalue weighted by Gasteiger charge is -2.13. The van der Waals surface area contributed by atoms with E-state index in [0.29, 0.717) is 6.42 Å². The van der Waals surface area contributed by atoms with E-state index in [-0.39, 0.29) is 5.91 Å². The highest BCUT2D eigenvalue weighted by atomic mass is 16.2. The largest absolute Gasteiger partial charge is 0.318 e. The number of fused-ring (bicyclic) bond motifs is 1. The molecule has 31 heavy (non-hydrogen) atoms. The van der Waals surface area contributed by atoms with Crippen LogP contribution in [-0.4, -0.2) is 16.7 Å². The van der Waals surface area contributed by atoms with Crippen LogP contribution in [0.4, 0.5) is 0 Å². The maximum absolute atomic E-state index is 12.5. The fraction of sp³-hybridized carbons (Fsp3) is 0.185. The van der Waals surface area contributed by atoms with Crippen molar-refractivity contribution >= 4 is 22.9 Å². The van der Waals surface area contributed by atoms with E-state index in [9.17, 15) is 4.79 Å². The Morgan fingerprint density at radius 1 is 0.968 bits per heavy atom. The van der Waals surface area contributed by atoms with Gasteiger partial charge in [-0.2, -0.15) is 5.10 Å². The Labute approximate surface area is 183 Å². The number of carbonyl (C=O) groups excluding carboxylic acids is 1. The summed E-state index contributed by atoms with van der Waals surface area (Å²) in [5.41, 5.74) is 9.42. The van der Waals surface area contributed by atoms with Gasteiger partial charge in [-0.1, -0.05) is 67.6 Å². The van der Waals surface area contributed by atoms with Crippen molar-refractivity contribution in [3.05, 3.63) is 101 Å². The number of nitrogens with zero attached hydrogens (tertiary/aromatic N) is 2. The van der Waals surface area contributed by atoms with Crippen LogP contribution in [0.25, 0.3) is 16.5 Å². The fourth-order valence-corrected chi connectivity index (χ4v) is 4.15. The molecule has 4 nitrogen and oxygen atoms in total. The van der Waals surface area contributed by atoms with Crippen molar-refractivity contribution in [3.8, 4) is 5.69 Å². The smallest absolute Gasteiger partial charge is 0.244 e. The second-order valence-electron chi connectivity index (χ2n) is 7.75. The molecule has 1 amide bonds. The molecular weight excluding hydrogens is 382 g/mol. The van der Waals surface area contributed by atoms with Crippen LogP contribution in [-0.2, 0) is 17.6 Å². The second-order valence-corrected chi connectivity index (χ2v) is 7.75. The van der Waals surface area contributed by atoms with Gasteiger partial charge in [-0.25, -0.2) is 5.43 Å². The van der Waals surface area contributed by atoms with Crippen LogP contribution < -0.4 is 5.43 Å². The van der Waals surface area contributed by atoms with E-state index in [1.54, 1.807) is 6.21 Å². The summed E-state index contributed by atoms with van der Waals surface area (Å²) < 4.78 is 2.25. The SMILES string of the molecule is CCc1ccccc1-n1c(C)cc(C=NNC(=O)Cc2cccc3ccccc23)c1C. The van der Waals surface area contributed by atoms with E-state index in [4.69, 9.17) is 0 Å². The van der Waals surface area contributed by atoms with Crippen molar-refractivity contribution in [2.75, 3.05) is 0 Å². The Morgan fingerprint density at radius 2 is 1.68 bits per heavy atom. The fourth-order valence-electron chi connectivity index (χ4n) is 4.15. The zero-order valence-corrected chi connectivity index (χ0v) is 18.2. The van der Waals surface area contributed by atoms with Crippen molar-refractivity contribution in [3.63, 3.8) is 0 Å². The van der Waals surface area contributed by atoms with Crippen LogP contribution >= 0.6 is 0 Å². The Kier molecular flexibility index (Phi) is 5.99. The molecule has 0 aliphatic rings. The summed E-state index contributed by atoms with van der Waals surface area (Å²) in [6.45, 7) is 6.34. The molecule has 3 aromatic carbocycles. The lowest BCUT2D eigenvalue weighted by atomic mass is 10.0. The Morgan fingerprint density at radius 3 is 2.52 bits per heavy atom. The molecule has 0 aliphatic heterocycles. The molecule has 0 unspecified atom stereocenters. The third-order valence-electron chi connectivity index (χ3n) is 5.71. The number of hydrogen-bond acceptors (Lipinski definition) is 2. The summed E-state index contributed by atoms with van der Waals surface area (Å²) in [7, 11) is 0. The zero-order valence-electron chi connectivity index (χ0n) is 18.2. The van der Waals surface area contributed by atoms with Gasteiger partial charge in [-0.05, 0) is 54.3 Å². The molecule has 0 radical (unpaired) electrons. The molecule has 0 fully saturated rings. The van der Waals surface area contributed by atoms with E-state index >= 15 is 0 Å². The number of rotatable bonds is 6. The standard InChI is InChI=1S/C27H27N3O/c1-4-21-10-6-8-15-26(21)30-19(2)16-24(20(30)3)18-28-29-27(31)17-23-13-9-12-22-11-5-7-14-25(22)23/h5-16,18H,4,17H2,1-3H3,(H,29,31). The Balaban J connectivity index is 1.50. The summed E-state index contributed by atoms with van der Waals surface area (Å²) in [4.78, 5) is 12.5. The molecule has 1 heterocycles. The van der Waals surface area contributed by atoms with Crippen LogP contribution in [0.3, 0.4) is 0 Å². The van der Waals surface area contributed by atoms with Gasteiger partial charge in [0.25, 0.3) is 0 Å². The zero-order chi connectivity index (χ0) is 21.8. The minimum absolute atomic E-state index is 0.127. The normalized spacial score (nSPS) is 11.3. The molecule has 0 atom stereocenters. The first kappa shape index (κ1) is 20.6. The number of carbonyl (C=O) groups is 1. The van der Waals surface area contributed by atoms with Crippen LogP contribution in [0.5, 0.6) is 0 Å². The van der Waals surface area contributed by atoms with Gasteiger partial charge in [0.2, 0.25) is 5.91 Å². The number of benzene rings is 3. The van der Waals surface area contributed by atoms with Crippen LogP contribution in [0.1, 0.15) is 35.0 Å². The van der Waals surface area contributed by atoms with E-state index < -0.39 is 0 Å². The molecule has 0 aliphatic carbocycles. The maximum Gasteiger partial charge on any atom is 0.244 e. The minimum atomic E-state index is -0.127. The van der Waals surface area contributed by atoms with Gasteiger partial charge in [0, 0.05) is 22.6 Å². The second kappa shape index (κ2) is 9.00. The molecule has 0 saturated carbocycles. The van der Waals surface area contributed by atoms with Crippen molar-refractivity contribution in [1.29, 1.82) is 0 Å². The van der Waals surface area contributed by atoms with Gasteiger partial charge >= 0.3 is 0 Å². The monoisotopic (exact) mass is 409 g/mol. The summed E-state index contributed by atoms with van der Waals surface area (Å²) in [6, 6.07) is 24.7. The predicted octanol–water partition coefficient (Wildman–Crippen LogP) is 5.50. The number of amides is 1. The lowest BCUT2D eigenvalue weighted by molar-refractivity contribution is -0.120. The highest BCUT2D eigenvalue weighted by molar-refractivity contribution is 5.90. The average Bonchev–Trinajstić information content (AvgIpc) is 3.07. The van der Waals surface area contributed by atoms with Gasteiger partial charge in [0.15, 0.2) is 0 Å². The van der Waals surface area contributed by atoms with Gasteiger partial charge < -0.3 is 4.57 Å². The van der Waals surface area contributed by atoms with Crippen molar-refractivity contribution in [2.24, 2.45) is 5.10 Å². The summed E-state index contributed by atoms with van der Waals surface area (Å²) in [6.07, 6.45) is 3.00. The predicted molar refractivity (Wildman–Crippen MR) is 128 cm³/mol. The highest BCUT2D eigenvalue weighted by Gasteiger charge is 2.12. The molecule has 4 rings (SSSR count). The number of aromatic nitrogens is 1. The molecule has 1 N–H and O–H groups in total. The van der Waals surface area contributed by atoms with Gasteiger partial charge in [-0.15, -0.1) is 0 Å². The van der Waals surface area contributed by atoms with Gasteiger partial charge in [0.1, 0.15) is 0 Å². The average molecular weight is 410 g/mol. The first-order valence-corrected chi connectivity index (χ1v) is 10.6. The molecule has 0 bridgehead atoms. The first-order valence-electron chi connectivity index (χ1n) is 10.6. The maximum atomic E-state index is 12.5. The lowest BCUT2D eigenvalue weighted by Crippen LogP contribution is -2.20. The third kappa shape index (κ3) is 4.29. The summed E-state index contributed by atoms with van der Waals surface area (Å²) in [5, 5.41) is 6.47. The Hall–Kier alpha value is -3.66. The molecule has 4 aromatic rings. The number of para-hydroxylation sites is 1. The quantitative estimate of drug-likeness (QED) is 0.332. The number of aryl methyl sites for hydroxylation is 2. The highest BCUT2D eigenvalue weighted by Crippen LogP contribution is 2.23. The third-order valence-corrected chi connectivity index (χ3v) is 5.71. The van der Waals surface area contributed by atoms with E-state index in [1.807, 2.05) is 30.3 Å². The van der Waals surface area contributed by atoms with Crippen molar-refractivity contribution in [1.82, 2.24) is 9.99 Å². The van der Waals surface area contributed by atoms with Crippen molar-refractivity contribution < 1.29 is 4.79 Å². The number of hydrogen-bond donors (Lipinski definition) is 1. The number of nitrogens with one attached hydrogen (secondary N) is 1. The topological polar surface area (TPSA) is 46.4 Å².